The van der Waals surface area contributed by atoms with Crippen LogP contribution in [0.3, 0.4) is 0 Å². The quantitative estimate of drug-likeness (QED) is 0.344. The van der Waals surface area contributed by atoms with Crippen molar-refractivity contribution in [3.8, 4) is 11.5 Å². The first-order valence-electron chi connectivity index (χ1n) is 12.7. The molecule has 3 aromatic carbocycles. The van der Waals surface area contributed by atoms with Crippen LogP contribution in [-0.2, 0) is 6.42 Å². The molecule has 184 valence electrons. The van der Waals surface area contributed by atoms with Gasteiger partial charge in [-0.1, -0.05) is 56.3 Å². The first kappa shape index (κ1) is 24.8. The Kier molecular flexibility index (Phi) is 8.09. The zero-order valence-electron chi connectivity index (χ0n) is 21.4. The Morgan fingerprint density at radius 3 is 2.37 bits per heavy atom. The Morgan fingerprint density at radius 2 is 1.63 bits per heavy atom. The highest BCUT2D eigenvalue weighted by atomic mass is 16.5. The van der Waals surface area contributed by atoms with Gasteiger partial charge in [0, 0.05) is 31.7 Å². The van der Waals surface area contributed by atoms with E-state index in [9.17, 15) is 4.79 Å². The van der Waals surface area contributed by atoms with Gasteiger partial charge in [-0.3, -0.25) is 4.79 Å². The molecular formula is C30H37N3O2. The van der Waals surface area contributed by atoms with Gasteiger partial charge in [0.15, 0.2) is 11.5 Å². The molecule has 1 atom stereocenters. The summed E-state index contributed by atoms with van der Waals surface area (Å²) in [6.45, 7) is 7.05. The molecule has 1 heterocycles. The number of rotatable bonds is 10. The number of amides is 1. The van der Waals surface area contributed by atoms with Crippen LogP contribution in [0.4, 0.5) is 11.4 Å². The summed E-state index contributed by atoms with van der Waals surface area (Å²) in [7, 11) is 4.06. The predicted molar refractivity (Wildman–Crippen MR) is 144 cm³/mol. The van der Waals surface area contributed by atoms with Crippen LogP contribution >= 0.6 is 0 Å². The van der Waals surface area contributed by atoms with Crippen LogP contribution < -0.4 is 9.64 Å². The monoisotopic (exact) mass is 471 g/mol. The average molecular weight is 472 g/mol. The van der Waals surface area contributed by atoms with Crippen LogP contribution in [0.1, 0.15) is 42.6 Å². The van der Waals surface area contributed by atoms with Gasteiger partial charge in [-0.15, -0.1) is 0 Å². The van der Waals surface area contributed by atoms with Gasteiger partial charge in [0.2, 0.25) is 0 Å². The Balaban J connectivity index is 1.53. The summed E-state index contributed by atoms with van der Waals surface area (Å²) in [6.07, 6.45) is 3.00. The standard InChI is InChI=1S/C30H37N3O2/c1-5-25(31(3)6-2)19-21-33-26-14-10-11-15-28(26)35-29-22-24(16-17-27(29)33)30(34)32(4)20-18-23-12-8-7-9-13-23/h7-17,22,25H,5-6,18-21H2,1-4H3. The number of carbonyl (C=O) groups is 1. The van der Waals surface area contributed by atoms with Crippen molar-refractivity contribution in [3.05, 3.63) is 83.9 Å². The summed E-state index contributed by atoms with van der Waals surface area (Å²) in [5.41, 5.74) is 3.97. The van der Waals surface area contributed by atoms with Crippen LogP contribution in [-0.4, -0.2) is 55.5 Å². The molecule has 3 aromatic rings. The summed E-state index contributed by atoms with van der Waals surface area (Å²) in [5.74, 6) is 1.58. The molecule has 5 heteroatoms. The van der Waals surface area contributed by atoms with Crippen molar-refractivity contribution >= 4 is 17.3 Å². The number of anilines is 2. The number of benzene rings is 3. The molecule has 0 aromatic heterocycles. The summed E-state index contributed by atoms with van der Waals surface area (Å²) in [6, 6.07) is 24.8. The Morgan fingerprint density at radius 1 is 0.914 bits per heavy atom. The maximum absolute atomic E-state index is 13.2. The molecule has 0 saturated carbocycles. The van der Waals surface area contributed by atoms with Gasteiger partial charge < -0.3 is 19.4 Å². The second-order valence-corrected chi connectivity index (χ2v) is 9.29. The van der Waals surface area contributed by atoms with Crippen molar-refractivity contribution in [3.63, 3.8) is 0 Å². The molecule has 0 saturated heterocycles. The minimum atomic E-state index is 0.00774. The van der Waals surface area contributed by atoms with Crippen molar-refractivity contribution in [1.82, 2.24) is 9.80 Å². The van der Waals surface area contributed by atoms with E-state index in [0.29, 0.717) is 18.2 Å². The van der Waals surface area contributed by atoms with E-state index in [2.05, 4.69) is 55.0 Å². The number of likely N-dealkylation sites (N-methyl/N-ethyl adjacent to an activating group) is 1. The van der Waals surface area contributed by atoms with Gasteiger partial charge in [0.1, 0.15) is 0 Å². The van der Waals surface area contributed by atoms with E-state index in [0.717, 1.165) is 55.2 Å². The van der Waals surface area contributed by atoms with E-state index in [1.165, 1.54) is 5.56 Å². The smallest absolute Gasteiger partial charge is 0.253 e. The Hall–Kier alpha value is -3.31. The lowest BCUT2D eigenvalue weighted by Crippen LogP contribution is -2.35. The third-order valence-electron chi connectivity index (χ3n) is 7.08. The molecule has 35 heavy (non-hydrogen) atoms. The van der Waals surface area contributed by atoms with Gasteiger partial charge in [-0.2, -0.15) is 0 Å². The molecule has 5 nitrogen and oxygen atoms in total. The molecule has 4 rings (SSSR count). The first-order chi connectivity index (χ1) is 17.0. The van der Waals surface area contributed by atoms with E-state index >= 15 is 0 Å². The van der Waals surface area contributed by atoms with Crippen LogP contribution in [0.15, 0.2) is 72.8 Å². The largest absolute Gasteiger partial charge is 0.453 e. The number of carbonyl (C=O) groups excluding carboxylic acids is 1. The number of ether oxygens (including phenoxy) is 1. The van der Waals surface area contributed by atoms with E-state index in [1.807, 2.05) is 55.6 Å². The molecule has 0 N–H and O–H groups in total. The van der Waals surface area contributed by atoms with E-state index in [4.69, 9.17) is 4.74 Å². The zero-order chi connectivity index (χ0) is 24.8. The molecular weight excluding hydrogens is 434 g/mol. The highest BCUT2D eigenvalue weighted by Gasteiger charge is 2.26. The lowest BCUT2D eigenvalue weighted by Gasteiger charge is -2.35. The van der Waals surface area contributed by atoms with E-state index in [-0.39, 0.29) is 5.91 Å². The van der Waals surface area contributed by atoms with Crippen LogP contribution in [0.5, 0.6) is 11.5 Å². The molecule has 1 unspecified atom stereocenters. The van der Waals surface area contributed by atoms with Gasteiger partial charge in [0.25, 0.3) is 5.91 Å². The predicted octanol–water partition coefficient (Wildman–Crippen LogP) is 6.37. The average Bonchev–Trinajstić information content (AvgIpc) is 2.91. The summed E-state index contributed by atoms with van der Waals surface area (Å²) in [4.78, 5) is 19.7. The third kappa shape index (κ3) is 5.68. The molecule has 0 aliphatic carbocycles. The fourth-order valence-corrected chi connectivity index (χ4v) is 4.74. The minimum absolute atomic E-state index is 0.00774. The number of fused-ring (bicyclic) bond motifs is 2. The van der Waals surface area contributed by atoms with E-state index in [1.54, 1.807) is 4.90 Å². The second kappa shape index (κ2) is 11.4. The molecule has 1 amide bonds. The lowest BCUT2D eigenvalue weighted by atomic mass is 10.1. The maximum atomic E-state index is 13.2. The molecule has 1 aliphatic heterocycles. The minimum Gasteiger partial charge on any atom is -0.453 e. The van der Waals surface area contributed by atoms with Crippen molar-refractivity contribution in [2.75, 3.05) is 38.6 Å². The summed E-state index contributed by atoms with van der Waals surface area (Å²) in [5, 5.41) is 0. The fraction of sp³-hybridized carbons (Fsp3) is 0.367. The molecule has 1 aliphatic rings. The number of nitrogens with zero attached hydrogens (tertiary/aromatic N) is 3. The molecule has 0 spiro atoms. The third-order valence-corrected chi connectivity index (χ3v) is 7.08. The SMILES string of the molecule is CCC(CCN1c2ccccc2Oc2cc(C(=O)N(C)CCc3ccccc3)ccc21)N(C)CC. The molecule has 0 fully saturated rings. The number of para-hydroxylation sites is 2. The topological polar surface area (TPSA) is 36.0 Å². The van der Waals surface area contributed by atoms with Gasteiger partial charge >= 0.3 is 0 Å². The molecule has 0 bridgehead atoms. The van der Waals surface area contributed by atoms with Gasteiger partial charge in [-0.05, 0) is 68.8 Å². The fourth-order valence-electron chi connectivity index (χ4n) is 4.74. The van der Waals surface area contributed by atoms with Gasteiger partial charge in [0.05, 0.1) is 11.4 Å². The van der Waals surface area contributed by atoms with Gasteiger partial charge in [-0.25, -0.2) is 0 Å². The second-order valence-electron chi connectivity index (χ2n) is 9.29. The summed E-state index contributed by atoms with van der Waals surface area (Å²) < 4.78 is 6.29. The van der Waals surface area contributed by atoms with Crippen molar-refractivity contribution < 1.29 is 9.53 Å². The Labute approximate surface area is 209 Å². The Bertz CT molecular complexity index is 1130. The molecule has 0 radical (unpaired) electrons. The van der Waals surface area contributed by atoms with Crippen molar-refractivity contribution in [2.45, 2.75) is 39.2 Å². The number of hydrogen-bond donors (Lipinski definition) is 0. The first-order valence-corrected chi connectivity index (χ1v) is 12.7. The van der Waals surface area contributed by atoms with E-state index < -0.39 is 0 Å². The van der Waals surface area contributed by atoms with Crippen LogP contribution in [0, 0.1) is 0 Å². The summed E-state index contributed by atoms with van der Waals surface area (Å²) >= 11 is 0. The van der Waals surface area contributed by atoms with Crippen molar-refractivity contribution in [1.29, 1.82) is 0 Å². The highest BCUT2D eigenvalue weighted by molar-refractivity contribution is 5.96. The zero-order valence-corrected chi connectivity index (χ0v) is 21.4. The number of hydrogen-bond acceptors (Lipinski definition) is 4. The van der Waals surface area contributed by atoms with Crippen molar-refractivity contribution in [2.24, 2.45) is 0 Å². The maximum Gasteiger partial charge on any atom is 0.253 e. The van der Waals surface area contributed by atoms with Crippen LogP contribution in [0.25, 0.3) is 0 Å². The van der Waals surface area contributed by atoms with Crippen LogP contribution in [0.2, 0.25) is 0 Å². The highest BCUT2D eigenvalue weighted by Crippen LogP contribution is 2.47. The normalized spacial score (nSPS) is 13.1. The lowest BCUT2D eigenvalue weighted by molar-refractivity contribution is 0.0796.